The lowest BCUT2D eigenvalue weighted by Crippen LogP contribution is -2.43. The molecule has 224 valence electrons. The molecule has 0 aliphatic carbocycles. The summed E-state index contributed by atoms with van der Waals surface area (Å²) in [6, 6.07) is 4.25. The van der Waals surface area contributed by atoms with E-state index in [2.05, 4.69) is 25.0 Å². The zero-order valence-corrected chi connectivity index (χ0v) is 24.8. The Hall–Kier alpha value is -3.37. The summed E-state index contributed by atoms with van der Waals surface area (Å²) >= 11 is 7.65. The molecule has 7 rings (SSSR count). The molecule has 0 radical (unpaired) electrons. The van der Waals surface area contributed by atoms with Gasteiger partial charge in [-0.3, -0.25) is 4.90 Å². The van der Waals surface area contributed by atoms with Gasteiger partial charge in [-0.15, -0.1) is 11.3 Å². The van der Waals surface area contributed by atoms with Crippen LogP contribution in [0, 0.1) is 18.2 Å². The first-order valence-electron chi connectivity index (χ1n) is 14.2. The fraction of sp³-hybridized carbons (Fsp3) is 0.433. The van der Waals surface area contributed by atoms with Crippen LogP contribution in [0.3, 0.4) is 0 Å². The smallest absolute Gasteiger partial charge is 0.320 e. The van der Waals surface area contributed by atoms with Crippen LogP contribution < -0.4 is 20.5 Å². The molecule has 3 N–H and O–H groups in total. The summed E-state index contributed by atoms with van der Waals surface area (Å²) in [5.74, 6) is -1.25. The maximum absolute atomic E-state index is 16.7. The van der Waals surface area contributed by atoms with Crippen LogP contribution >= 0.6 is 22.9 Å². The number of nitrogen functional groups attached to an aromatic ring is 1. The number of nitrogens with zero attached hydrogens (tertiary/aromatic N) is 4. The third-order valence-electron chi connectivity index (χ3n) is 8.82. The van der Waals surface area contributed by atoms with E-state index in [9.17, 15) is 8.78 Å². The Morgan fingerprint density at radius 3 is 2.93 bits per heavy atom. The van der Waals surface area contributed by atoms with Crippen LogP contribution in [0.2, 0.25) is 5.02 Å². The van der Waals surface area contributed by atoms with Gasteiger partial charge in [-0.1, -0.05) is 17.7 Å². The van der Waals surface area contributed by atoms with Crippen molar-refractivity contribution in [2.45, 2.75) is 56.5 Å². The van der Waals surface area contributed by atoms with Crippen LogP contribution in [0.5, 0.6) is 11.9 Å². The Morgan fingerprint density at radius 1 is 1.33 bits per heavy atom. The zero-order chi connectivity index (χ0) is 30.0. The molecule has 43 heavy (non-hydrogen) atoms. The van der Waals surface area contributed by atoms with Crippen molar-refractivity contribution in [2.24, 2.45) is 0 Å². The number of aromatic nitrogens is 2. The molecule has 0 saturated carbocycles. The number of rotatable bonds is 6. The number of halogens is 4. The quantitative estimate of drug-likeness (QED) is 0.231. The van der Waals surface area contributed by atoms with E-state index in [0.29, 0.717) is 19.5 Å². The second-order valence-corrected chi connectivity index (χ2v) is 13.1. The molecule has 2 aromatic heterocycles. The molecule has 3 fully saturated rings. The fourth-order valence-corrected chi connectivity index (χ4v) is 8.06. The lowest BCUT2D eigenvalue weighted by Gasteiger charge is -2.30. The molecular formula is C30H28ClF3N6O2S. The number of thiophene rings is 1. The van der Waals surface area contributed by atoms with E-state index in [-0.39, 0.29) is 78.5 Å². The first kappa shape index (κ1) is 28.4. The largest absolute Gasteiger partial charge is 0.472 e. The van der Waals surface area contributed by atoms with E-state index in [0.717, 1.165) is 37.1 Å². The molecule has 3 saturated heterocycles. The van der Waals surface area contributed by atoms with Gasteiger partial charge in [0, 0.05) is 42.9 Å². The second kappa shape index (κ2) is 10.7. The number of alkyl halides is 1. The second-order valence-electron chi connectivity index (χ2n) is 11.6. The number of fused-ring (bicyclic) bond motifs is 3. The van der Waals surface area contributed by atoms with Crippen LogP contribution in [0.25, 0.3) is 37.0 Å². The number of hydrogen-bond acceptors (Lipinski definition) is 8. The van der Waals surface area contributed by atoms with Crippen molar-refractivity contribution < 1.29 is 22.6 Å². The van der Waals surface area contributed by atoms with Gasteiger partial charge in [0.1, 0.15) is 30.2 Å². The number of nitrogens with two attached hydrogens (primary N) is 1. The highest BCUT2D eigenvalue weighted by Crippen LogP contribution is 2.49. The summed E-state index contributed by atoms with van der Waals surface area (Å²) < 4.78 is 58.3. The Balaban J connectivity index is 1.37. The van der Waals surface area contributed by atoms with Gasteiger partial charge in [0.05, 0.1) is 32.2 Å². The molecule has 3 aliphatic heterocycles. The molecule has 0 spiro atoms. The van der Waals surface area contributed by atoms with Crippen LogP contribution in [0.1, 0.15) is 32.6 Å². The highest BCUT2D eigenvalue weighted by Gasteiger charge is 2.49. The summed E-state index contributed by atoms with van der Waals surface area (Å²) in [6.07, 6.45) is 1.66. The molecule has 0 bridgehead atoms. The topological polar surface area (TPSA) is 89.9 Å². The maximum Gasteiger partial charge on any atom is 0.320 e. The molecule has 13 heteroatoms. The molecule has 0 amide bonds. The summed E-state index contributed by atoms with van der Waals surface area (Å²) in [5, 5.41) is 3.90. The standard InChI is InChI=1S/C30H28ClF3N6O2S/c1-14-8-16(11-37-14)42-28-18-9-19(31)21(17-4-5-20(33)26-22(17)25(36-2)27(35)43-26)23(34)24(18)38-29(39-28)41-13-30-6-3-7-40(30)12-15(32)10-30/h4-5,9,14-16,37H,3,6-8,10-13,35H2,1H3/t14-,15+,16-,30-/m0/s1. The van der Waals surface area contributed by atoms with Crippen molar-refractivity contribution in [1.82, 2.24) is 20.2 Å². The van der Waals surface area contributed by atoms with Crippen molar-refractivity contribution in [3.63, 3.8) is 0 Å². The summed E-state index contributed by atoms with van der Waals surface area (Å²) in [6.45, 7) is 11.6. The highest BCUT2D eigenvalue weighted by molar-refractivity contribution is 7.23. The molecule has 4 atom stereocenters. The zero-order valence-electron chi connectivity index (χ0n) is 23.2. The van der Waals surface area contributed by atoms with E-state index >= 15 is 4.39 Å². The first-order valence-corrected chi connectivity index (χ1v) is 15.4. The number of benzene rings is 2. The van der Waals surface area contributed by atoms with E-state index in [4.69, 9.17) is 33.4 Å². The van der Waals surface area contributed by atoms with Crippen LogP contribution in [-0.2, 0) is 0 Å². The molecule has 0 unspecified atom stereocenters. The summed E-state index contributed by atoms with van der Waals surface area (Å²) in [7, 11) is 0. The number of anilines is 1. The highest BCUT2D eigenvalue weighted by atomic mass is 35.5. The van der Waals surface area contributed by atoms with E-state index in [1.54, 1.807) is 0 Å². The van der Waals surface area contributed by atoms with Gasteiger partial charge < -0.3 is 20.5 Å². The minimum Gasteiger partial charge on any atom is -0.472 e. The van der Waals surface area contributed by atoms with Gasteiger partial charge in [-0.2, -0.15) is 9.97 Å². The van der Waals surface area contributed by atoms with Crippen LogP contribution in [-0.4, -0.2) is 65.0 Å². The Bertz CT molecular complexity index is 1820. The monoisotopic (exact) mass is 628 g/mol. The van der Waals surface area contributed by atoms with Crippen molar-refractivity contribution in [3.8, 4) is 23.0 Å². The van der Waals surface area contributed by atoms with Crippen molar-refractivity contribution in [1.29, 1.82) is 0 Å². The SMILES string of the molecule is [C-]#[N+]c1c(N)sc2c(F)ccc(-c3c(Cl)cc4c(O[C@@H]5CN[C@@H](C)C5)nc(OC[C@@]56CCCN5C[C@H](F)C6)nc4c3F)c12. The third kappa shape index (κ3) is 4.73. The van der Waals surface area contributed by atoms with Crippen molar-refractivity contribution in [3.05, 3.63) is 46.3 Å². The molecule has 2 aromatic carbocycles. The van der Waals surface area contributed by atoms with E-state index < -0.39 is 23.3 Å². The Labute approximate surface area is 254 Å². The number of hydrogen-bond donors (Lipinski definition) is 2. The van der Waals surface area contributed by atoms with Crippen molar-refractivity contribution >= 4 is 54.6 Å². The predicted octanol–water partition coefficient (Wildman–Crippen LogP) is 6.66. The Kier molecular flexibility index (Phi) is 7.04. The lowest BCUT2D eigenvalue weighted by atomic mass is 9.95. The average Bonchev–Trinajstić information content (AvgIpc) is 3.71. The predicted molar refractivity (Wildman–Crippen MR) is 161 cm³/mol. The van der Waals surface area contributed by atoms with Gasteiger partial charge in [-0.05, 0) is 44.0 Å². The molecule has 3 aliphatic rings. The lowest BCUT2D eigenvalue weighted by molar-refractivity contribution is 0.106. The molecule has 5 heterocycles. The molecular weight excluding hydrogens is 601 g/mol. The van der Waals surface area contributed by atoms with E-state index in [1.807, 2.05) is 6.92 Å². The van der Waals surface area contributed by atoms with Gasteiger partial charge in [0.15, 0.2) is 5.82 Å². The maximum atomic E-state index is 16.7. The fourth-order valence-electron chi connectivity index (χ4n) is 6.83. The van der Waals surface area contributed by atoms with Crippen molar-refractivity contribution in [2.75, 3.05) is 32.0 Å². The Morgan fingerprint density at radius 2 is 2.16 bits per heavy atom. The van der Waals surface area contributed by atoms with Crippen LogP contribution in [0.4, 0.5) is 23.9 Å². The third-order valence-corrected chi connectivity index (χ3v) is 10.1. The van der Waals surface area contributed by atoms with Gasteiger partial charge in [0.2, 0.25) is 11.6 Å². The number of ether oxygens (including phenoxy) is 2. The molecule has 4 aromatic rings. The van der Waals surface area contributed by atoms with Gasteiger partial charge in [-0.25, -0.2) is 18.0 Å². The molecule has 8 nitrogen and oxygen atoms in total. The normalized spacial score (nSPS) is 25.4. The number of nitrogens with one attached hydrogen (secondary N) is 1. The average molecular weight is 629 g/mol. The van der Waals surface area contributed by atoms with Gasteiger partial charge in [0.25, 0.3) is 0 Å². The first-order chi connectivity index (χ1) is 20.7. The van der Waals surface area contributed by atoms with E-state index in [1.165, 1.54) is 18.2 Å². The summed E-state index contributed by atoms with van der Waals surface area (Å²) in [5.41, 5.74) is 5.68. The minimum atomic E-state index is -0.932. The summed E-state index contributed by atoms with van der Waals surface area (Å²) in [4.78, 5) is 14.6. The van der Waals surface area contributed by atoms with Crippen LogP contribution in [0.15, 0.2) is 18.2 Å². The minimum absolute atomic E-state index is 0.0130. The van der Waals surface area contributed by atoms with Gasteiger partial charge >= 0.3 is 6.01 Å².